The summed E-state index contributed by atoms with van der Waals surface area (Å²) in [4.78, 5) is 11.6. The highest BCUT2D eigenvalue weighted by atomic mass is 32.1. The van der Waals surface area contributed by atoms with Crippen molar-refractivity contribution in [2.75, 3.05) is 5.73 Å². The number of hydrogen-bond donors (Lipinski definition) is 2. The Morgan fingerprint density at radius 1 is 1.20 bits per heavy atom. The van der Waals surface area contributed by atoms with E-state index in [9.17, 15) is 0 Å². The maximum atomic E-state index is 5.70. The Labute approximate surface area is 117 Å². The maximum absolute atomic E-state index is 5.70. The molecule has 3 N–H and O–H groups in total. The Balaban J connectivity index is 1.78. The third kappa shape index (κ3) is 1.76. The molecule has 3 aromatic heterocycles. The standard InChI is InChI=1S/C13H9N5OS/c14-13-16-8-4-3-7(6-10(8)20-13)12-17-11(18-19-12)9-2-1-5-15-9/h1-6,15H,(H2,14,16). The van der Waals surface area contributed by atoms with Crippen LogP contribution in [0.25, 0.3) is 33.2 Å². The van der Waals surface area contributed by atoms with Gasteiger partial charge >= 0.3 is 0 Å². The Morgan fingerprint density at radius 3 is 3.00 bits per heavy atom. The van der Waals surface area contributed by atoms with Crippen LogP contribution in [0.5, 0.6) is 0 Å². The summed E-state index contributed by atoms with van der Waals surface area (Å²) < 4.78 is 6.30. The molecule has 0 fully saturated rings. The lowest BCUT2D eigenvalue weighted by atomic mass is 10.2. The second kappa shape index (κ2) is 4.17. The van der Waals surface area contributed by atoms with Crippen LogP contribution in [0.3, 0.4) is 0 Å². The maximum Gasteiger partial charge on any atom is 0.258 e. The first-order valence-corrected chi connectivity index (χ1v) is 6.75. The van der Waals surface area contributed by atoms with E-state index in [0.29, 0.717) is 16.8 Å². The number of nitrogens with zero attached hydrogens (tertiary/aromatic N) is 3. The fourth-order valence-corrected chi connectivity index (χ4v) is 2.77. The predicted octanol–water partition coefficient (Wildman–Crippen LogP) is 2.92. The molecule has 0 aliphatic heterocycles. The molecule has 0 atom stereocenters. The van der Waals surface area contributed by atoms with Crippen LogP contribution >= 0.6 is 11.3 Å². The van der Waals surface area contributed by atoms with Crippen molar-refractivity contribution in [1.82, 2.24) is 20.1 Å². The first-order chi connectivity index (χ1) is 9.79. The van der Waals surface area contributed by atoms with Crippen molar-refractivity contribution < 1.29 is 4.52 Å². The molecule has 0 spiro atoms. The Bertz CT molecular complexity index is 877. The van der Waals surface area contributed by atoms with Gasteiger partial charge in [0.05, 0.1) is 15.9 Å². The van der Waals surface area contributed by atoms with Gasteiger partial charge in [0.2, 0.25) is 5.82 Å². The van der Waals surface area contributed by atoms with Crippen LogP contribution in [0.4, 0.5) is 5.13 Å². The van der Waals surface area contributed by atoms with Crippen molar-refractivity contribution in [3.05, 3.63) is 36.5 Å². The molecule has 0 aliphatic carbocycles. The number of aromatic nitrogens is 4. The third-order valence-corrected chi connectivity index (χ3v) is 3.76. The summed E-state index contributed by atoms with van der Waals surface area (Å²) in [5.41, 5.74) is 8.25. The molecule has 0 amide bonds. The van der Waals surface area contributed by atoms with Crippen molar-refractivity contribution in [1.29, 1.82) is 0 Å². The predicted molar refractivity (Wildman–Crippen MR) is 77.1 cm³/mol. The number of nitrogen functional groups attached to an aromatic ring is 1. The zero-order valence-corrected chi connectivity index (χ0v) is 11.0. The Kier molecular flexibility index (Phi) is 2.33. The molecule has 0 bridgehead atoms. The molecule has 20 heavy (non-hydrogen) atoms. The zero-order valence-electron chi connectivity index (χ0n) is 10.2. The molecule has 0 unspecified atom stereocenters. The van der Waals surface area contributed by atoms with Gasteiger partial charge in [-0.15, -0.1) is 0 Å². The number of aromatic amines is 1. The molecule has 0 saturated heterocycles. The topological polar surface area (TPSA) is 93.6 Å². The molecule has 4 rings (SSSR count). The number of H-pyrrole nitrogens is 1. The Morgan fingerprint density at radius 2 is 2.15 bits per heavy atom. The molecular formula is C13H9N5OS. The minimum atomic E-state index is 0.475. The molecule has 7 heteroatoms. The average molecular weight is 283 g/mol. The fourth-order valence-electron chi connectivity index (χ4n) is 2.00. The number of hydrogen-bond acceptors (Lipinski definition) is 6. The largest absolute Gasteiger partial charge is 0.375 e. The smallest absolute Gasteiger partial charge is 0.258 e. The lowest BCUT2D eigenvalue weighted by Gasteiger charge is -1.93. The van der Waals surface area contributed by atoms with Gasteiger partial charge in [0.1, 0.15) is 0 Å². The van der Waals surface area contributed by atoms with Gasteiger partial charge in [0.15, 0.2) is 5.13 Å². The first-order valence-electron chi connectivity index (χ1n) is 5.93. The molecule has 3 heterocycles. The molecule has 1 aromatic carbocycles. The van der Waals surface area contributed by atoms with Gasteiger partial charge in [-0.05, 0) is 30.3 Å². The summed E-state index contributed by atoms with van der Waals surface area (Å²) in [6, 6.07) is 9.53. The van der Waals surface area contributed by atoms with Crippen molar-refractivity contribution >= 4 is 26.7 Å². The summed E-state index contributed by atoms with van der Waals surface area (Å²) in [5.74, 6) is 1.01. The van der Waals surface area contributed by atoms with Crippen LogP contribution in [0.1, 0.15) is 0 Å². The normalized spacial score (nSPS) is 11.2. The number of thiazole rings is 1. The van der Waals surface area contributed by atoms with Gasteiger partial charge in [-0.1, -0.05) is 16.5 Å². The average Bonchev–Trinajstić information content (AvgIpc) is 3.17. The summed E-state index contributed by atoms with van der Waals surface area (Å²) in [6.07, 6.45) is 1.82. The van der Waals surface area contributed by atoms with Gasteiger partial charge < -0.3 is 15.2 Å². The van der Waals surface area contributed by atoms with E-state index >= 15 is 0 Å². The highest BCUT2D eigenvalue weighted by Crippen LogP contribution is 2.29. The number of anilines is 1. The number of nitrogens with one attached hydrogen (secondary N) is 1. The molecule has 6 nitrogen and oxygen atoms in total. The summed E-state index contributed by atoms with van der Waals surface area (Å²) in [5, 5.41) is 4.52. The van der Waals surface area contributed by atoms with E-state index in [1.165, 1.54) is 11.3 Å². The van der Waals surface area contributed by atoms with E-state index in [-0.39, 0.29) is 0 Å². The highest BCUT2D eigenvalue weighted by Gasteiger charge is 2.12. The van der Waals surface area contributed by atoms with Crippen LogP contribution in [-0.4, -0.2) is 20.1 Å². The number of nitrogens with two attached hydrogens (primary N) is 1. The van der Waals surface area contributed by atoms with Gasteiger partial charge in [-0.3, -0.25) is 0 Å². The van der Waals surface area contributed by atoms with E-state index in [0.717, 1.165) is 21.5 Å². The van der Waals surface area contributed by atoms with E-state index < -0.39 is 0 Å². The molecule has 98 valence electrons. The summed E-state index contributed by atoms with van der Waals surface area (Å²) in [6.45, 7) is 0. The summed E-state index contributed by atoms with van der Waals surface area (Å²) in [7, 11) is 0. The number of fused-ring (bicyclic) bond motifs is 1. The number of rotatable bonds is 2. The van der Waals surface area contributed by atoms with Crippen LogP contribution in [0.2, 0.25) is 0 Å². The quantitative estimate of drug-likeness (QED) is 0.590. The molecule has 0 aliphatic rings. The minimum Gasteiger partial charge on any atom is -0.375 e. The lowest BCUT2D eigenvalue weighted by Crippen LogP contribution is -1.81. The second-order valence-corrected chi connectivity index (χ2v) is 5.30. The fraction of sp³-hybridized carbons (Fsp3) is 0. The van der Waals surface area contributed by atoms with Gasteiger partial charge in [0, 0.05) is 11.8 Å². The monoisotopic (exact) mass is 283 g/mol. The van der Waals surface area contributed by atoms with Crippen molar-refractivity contribution in [2.45, 2.75) is 0 Å². The molecular weight excluding hydrogens is 274 g/mol. The number of benzene rings is 1. The van der Waals surface area contributed by atoms with Crippen LogP contribution < -0.4 is 5.73 Å². The van der Waals surface area contributed by atoms with Crippen molar-refractivity contribution in [2.24, 2.45) is 0 Å². The second-order valence-electron chi connectivity index (χ2n) is 4.24. The van der Waals surface area contributed by atoms with Gasteiger partial charge in [-0.2, -0.15) is 4.98 Å². The van der Waals surface area contributed by atoms with Crippen LogP contribution in [-0.2, 0) is 0 Å². The van der Waals surface area contributed by atoms with E-state index in [1.54, 1.807) is 0 Å². The van der Waals surface area contributed by atoms with Crippen molar-refractivity contribution in [3.63, 3.8) is 0 Å². The lowest BCUT2D eigenvalue weighted by molar-refractivity contribution is 0.432. The van der Waals surface area contributed by atoms with E-state index in [1.807, 2.05) is 36.5 Å². The van der Waals surface area contributed by atoms with Crippen LogP contribution in [0.15, 0.2) is 41.1 Å². The van der Waals surface area contributed by atoms with Gasteiger partial charge in [0.25, 0.3) is 5.89 Å². The molecule has 4 aromatic rings. The summed E-state index contributed by atoms with van der Waals surface area (Å²) >= 11 is 1.44. The molecule has 0 radical (unpaired) electrons. The van der Waals surface area contributed by atoms with Gasteiger partial charge in [-0.25, -0.2) is 4.98 Å². The van der Waals surface area contributed by atoms with Crippen molar-refractivity contribution in [3.8, 4) is 23.0 Å². The highest BCUT2D eigenvalue weighted by molar-refractivity contribution is 7.22. The first kappa shape index (κ1) is 11.2. The minimum absolute atomic E-state index is 0.475. The zero-order chi connectivity index (χ0) is 13.5. The SMILES string of the molecule is Nc1nc2ccc(-c3nc(-c4ccc[nH]4)no3)cc2s1. The Hall–Kier alpha value is -2.67. The molecule has 0 saturated carbocycles. The van der Waals surface area contributed by atoms with Crippen LogP contribution in [0, 0.1) is 0 Å². The third-order valence-electron chi connectivity index (χ3n) is 2.92. The van der Waals surface area contributed by atoms with E-state index in [2.05, 4.69) is 20.1 Å². The van der Waals surface area contributed by atoms with E-state index in [4.69, 9.17) is 10.3 Å².